The van der Waals surface area contributed by atoms with Gasteiger partial charge in [0.05, 0.1) is 11.1 Å². The Bertz CT molecular complexity index is 995. The van der Waals surface area contributed by atoms with Crippen LogP contribution in [0.1, 0.15) is 23.1 Å². The van der Waals surface area contributed by atoms with Gasteiger partial charge in [-0.3, -0.25) is 4.79 Å². The van der Waals surface area contributed by atoms with Gasteiger partial charge in [-0.1, -0.05) is 60.7 Å². The van der Waals surface area contributed by atoms with Crippen LogP contribution in [-0.4, -0.2) is 5.91 Å². The van der Waals surface area contributed by atoms with Gasteiger partial charge in [0.25, 0.3) is 0 Å². The first-order valence-corrected chi connectivity index (χ1v) is 9.31. The highest BCUT2D eigenvalue weighted by Crippen LogP contribution is 2.72. The lowest BCUT2D eigenvalue weighted by Gasteiger charge is -2.23. The predicted octanol–water partition coefficient (Wildman–Crippen LogP) is 5.17. The quantitative estimate of drug-likeness (QED) is 0.623. The van der Waals surface area contributed by atoms with Crippen molar-refractivity contribution >= 4 is 27.5 Å². The summed E-state index contributed by atoms with van der Waals surface area (Å²) in [4.78, 5) is 13.2. The van der Waals surface area contributed by atoms with Gasteiger partial charge in [-0.2, -0.15) is 0 Å². The topological polar surface area (TPSA) is 29.1 Å². The smallest absolute Gasteiger partial charge is 0.236 e. The lowest BCUT2D eigenvalue weighted by molar-refractivity contribution is -0.118. The largest absolute Gasteiger partial charge is 0.324 e. The van der Waals surface area contributed by atoms with Crippen LogP contribution in [0.15, 0.2) is 77.3 Å². The average molecular weight is 408 g/mol. The highest BCUT2D eigenvalue weighted by molar-refractivity contribution is 9.10. The number of amides is 1. The van der Waals surface area contributed by atoms with E-state index in [4.69, 9.17) is 0 Å². The van der Waals surface area contributed by atoms with Crippen molar-refractivity contribution in [1.29, 1.82) is 0 Å². The van der Waals surface area contributed by atoms with Crippen LogP contribution in [0.5, 0.6) is 0 Å². The van der Waals surface area contributed by atoms with E-state index in [0.717, 1.165) is 16.7 Å². The number of carbonyl (C=O) groups excluding carboxylic acids is 1. The zero-order valence-electron chi connectivity index (χ0n) is 13.8. The van der Waals surface area contributed by atoms with E-state index >= 15 is 0 Å². The summed E-state index contributed by atoms with van der Waals surface area (Å²) < 4.78 is 14.8. The van der Waals surface area contributed by atoms with Crippen molar-refractivity contribution in [3.05, 3.63) is 99.8 Å². The summed E-state index contributed by atoms with van der Waals surface area (Å²) in [5, 5.41) is 2.99. The molecule has 1 spiro atoms. The Morgan fingerprint density at radius 3 is 2.04 bits per heavy atom. The number of halogens is 2. The third-order valence-corrected chi connectivity index (χ3v) is 6.43. The highest BCUT2D eigenvalue weighted by atomic mass is 79.9. The first-order valence-electron chi connectivity index (χ1n) is 8.52. The molecule has 3 aromatic rings. The summed E-state index contributed by atoms with van der Waals surface area (Å²) in [6.07, 6.45) is 0.628. The third-order valence-electron chi connectivity index (χ3n) is 5.81. The molecule has 0 radical (unpaired) electrons. The molecule has 0 bridgehead atoms. The fraction of sp³-hybridized carbons (Fsp3) is 0.136. The fourth-order valence-electron chi connectivity index (χ4n) is 4.64. The van der Waals surface area contributed by atoms with Gasteiger partial charge in [-0.25, -0.2) is 4.39 Å². The molecular weight excluding hydrogens is 393 g/mol. The fourth-order valence-corrected chi connectivity index (χ4v) is 5.17. The summed E-state index contributed by atoms with van der Waals surface area (Å²) >= 11 is 3.40. The Balaban J connectivity index is 1.81. The monoisotopic (exact) mass is 407 g/mol. The molecular formula is C22H15BrFNO. The number of hydrogen-bond donors (Lipinski definition) is 1. The molecule has 2 aliphatic rings. The van der Waals surface area contributed by atoms with Gasteiger partial charge in [-0.05, 0) is 51.2 Å². The van der Waals surface area contributed by atoms with Crippen molar-refractivity contribution in [3.8, 4) is 0 Å². The lowest BCUT2D eigenvalue weighted by atomic mass is 9.77. The zero-order chi connectivity index (χ0) is 17.9. The minimum atomic E-state index is -0.782. The van der Waals surface area contributed by atoms with E-state index in [0.29, 0.717) is 16.6 Å². The van der Waals surface area contributed by atoms with Crippen molar-refractivity contribution in [1.82, 2.24) is 0 Å². The van der Waals surface area contributed by atoms with Crippen molar-refractivity contribution < 1.29 is 9.18 Å². The van der Waals surface area contributed by atoms with Gasteiger partial charge in [-0.15, -0.1) is 0 Å². The Kier molecular flexibility index (Phi) is 3.20. The second-order valence-corrected chi connectivity index (χ2v) is 7.84. The van der Waals surface area contributed by atoms with E-state index in [1.54, 1.807) is 0 Å². The van der Waals surface area contributed by atoms with Crippen LogP contribution >= 0.6 is 15.9 Å². The maximum atomic E-state index is 14.2. The SMILES string of the molecule is O=C1Nc2c(Br)cc(F)cc2C12CC2(c1ccccc1)c1ccccc1. The van der Waals surface area contributed by atoms with Crippen LogP contribution in [0.2, 0.25) is 0 Å². The number of benzene rings is 3. The number of hydrogen-bond acceptors (Lipinski definition) is 1. The van der Waals surface area contributed by atoms with E-state index in [9.17, 15) is 9.18 Å². The molecule has 1 aliphatic carbocycles. The summed E-state index contributed by atoms with van der Waals surface area (Å²) in [6.45, 7) is 0. The minimum absolute atomic E-state index is 0.0634. The molecule has 1 saturated carbocycles. The minimum Gasteiger partial charge on any atom is -0.324 e. The Morgan fingerprint density at radius 2 is 1.46 bits per heavy atom. The molecule has 1 heterocycles. The number of rotatable bonds is 2. The maximum absolute atomic E-state index is 14.2. The van der Waals surface area contributed by atoms with E-state index in [-0.39, 0.29) is 11.7 Å². The van der Waals surface area contributed by atoms with Gasteiger partial charge >= 0.3 is 0 Å². The van der Waals surface area contributed by atoms with E-state index in [2.05, 4.69) is 45.5 Å². The first-order chi connectivity index (χ1) is 12.6. The molecule has 128 valence electrons. The van der Waals surface area contributed by atoms with Crippen LogP contribution in [0, 0.1) is 5.82 Å². The molecule has 5 rings (SSSR count). The van der Waals surface area contributed by atoms with E-state index < -0.39 is 10.8 Å². The van der Waals surface area contributed by atoms with Crippen molar-refractivity contribution in [2.24, 2.45) is 0 Å². The van der Waals surface area contributed by atoms with Crippen LogP contribution in [-0.2, 0) is 15.6 Å². The normalized spacial score (nSPS) is 22.2. The zero-order valence-corrected chi connectivity index (χ0v) is 15.4. The van der Waals surface area contributed by atoms with Crippen molar-refractivity contribution in [2.45, 2.75) is 17.3 Å². The number of nitrogens with one attached hydrogen (secondary N) is 1. The first kappa shape index (κ1) is 15.8. The molecule has 2 nitrogen and oxygen atoms in total. The summed E-state index contributed by atoms with van der Waals surface area (Å²) in [5.41, 5.74) is 2.31. The second kappa shape index (κ2) is 5.27. The molecule has 0 saturated heterocycles. The van der Waals surface area contributed by atoms with Crippen LogP contribution in [0.25, 0.3) is 0 Å². The summed E-state index contributed by atoms with van der Waals surface area (Å²) in [5.74, 6) is -0.403. The van der Waals surface area contributed by atoms with Gasteiger partial charge in [0.1, 0.15) is 5.82 Å². The second-order valence-electron chi connectivity index (χ2n) is 6.98. The molecule has 1 atom stereocenters. The van der Waals surface area contributed by atoms with Crippen molar-refractivity contribution in [3.63, 3.8) is 0 Å². The predicted molar refractivity (Wildman–Crippen MR) is 103 cm³/mol. The molecule has 1 amide bonds. The molecule has 1 aliphatic heterocycles. The van der Waals surface area contributed by atoms with Crippen LogP contribution in [0.4, 0.5) is 10.1 Å². The highest BCUT2D eigenvalue weighted by Gasteiger charge is 2.76. The van der Waals surface area contributed by atoms with Crippen molar-refractivity contribution in [2.75, 3.05) is 5.32 Å². The number of anilines is 1. The number of fused-ring (bicyclic) bond motifs is 2. The van der Waals surface area contributed by atoms with E-state index in [1.165, 1.54) is 12.1 Å². The molecule has 1 N–H and O–H groups in total. The number of carbonyl (C=O) groups is 1. The maximum Gasteiger partial charge on any atom is 0.236 e. The van der Waals surface area contributed by atoms with E-state index in [1.807, 2.05) is 36.4 Å². The standard InChI is InChI=1S/C22H15BrFNO/c23-18-12-16(24)11-17-19(18)25-20(26)22(17)13-21(22,14-7-3-1-4-8-14)15-9-5-2-6-10-15/h1-12H,13H2,(H,25,26). The summed E-state index contributed by atoms with van der Waals surface area (Å²) in [6, 6.07) is 23.0. The van der Waals surface area contributed by atoms with Crippen LogP contribution < -0.4 is 5.32 Å². The molecule has 1 unspecified atom stereocenters. The lowest BCUT2D eigenvalue weighted by Crippen LogP contribution is -2.30. The molecule has 4 heteroatoms. The molecule has 1 fully saturated rings. The Hall–Kier alpha value is -2.46. The van der Waals surface area contributed by atoms with Gasteiger partial charge in [0.15, 0.2) is 0 Å². The van der Waals surface area contributed by atoms with Gasteiger partial charge in [0, 0.05) is 9.89 Å². The van der Waals surface area contributed by atoms with Crippen LogP contribution in [0.3, 0.4) is 0 Å². The Morgan fingerprint density at radius 1 is 0.885 bits per heavy atom. The Labute approximate surface area is 159 Å². The molecule has 26 heavy (non-hydrogen) atoms. The molecule has 0 aromatic heterocycles. The van der Waals surface area contributed by atoms with Gasteiger partial charge < -0.3 is 5.32 Å². The van der Waals surface area contributed by atoms with Gasteiger partial charge in [0.2, 0.25) is 5.91 Å². The average Bonchev–Trinajstić information content (AvgIpc) is 3.30. The molecule has 3 aromatic carbocycles. The third kappa shape index (κ3) is 1.83. The summed E-state index contributed by atoms with van der Waals surface area (Å²) in [7, 11) is 0.